The molecule has 2 fully saturated rings. The second-order valence-corrected chi connectivity index (χ2v) is 13.6. The van der Waals surface area contributed by atoms with E-state index in [9.17, 15) is 23.2 Å². The van der Waals surface area contributed by atoms with Gasteiger partial charge in [0.15, 0.2) is 0 Å². The van der Waals surface area contributed by atoms with Crippen molar-refractivity contribution in [2.75, 3.05) is 50.8 Å². The lowest BCUT2D eigenvalue weighted by Crippen LogP contribution is -2.63. The van der Waals surface area contributed by atoms with Gasteiger partial charge in [0.05, 0.1) is 24.5 Å². The summed E-state index contributed by atoms with van der Waals surface area (Å²) in [5.74, 6) is -1.42. The molecule has 44 heavy (non-hydrogen) atoms. The number of rotatable bonds is 6. The van der Waals surface area contributed by atoms with Gasteiger partial charge in [-0.1, -0.05) is 19.9 Å². The zero-order valence-corrected chi connectivity index (χ0v) is 26.2. The molecule has 0 radical (unpaired) electrons. The van der Waals surface area contributed by atoms with Gasteiger partial charge in [-0.15, -0.1) is 0 Å². The average Bonchev–Trinajstić information content (AvgIpc) is 3.44. The summed E-state index contributed by atoms with van der Waals surface area (Å²) >= 11 is 0. The van der Waals surface area contributed by atoms with Gasteiger partial charge in [0.1, 0.15) is 23.8 Å². The zero-order chi connectivity index (χ0) is 32.0. The van der Waals surface area contributed by atoms with E-state index in [1.165, 1.54) is 12.1 Å². The number of benzene rings is 1. The smallest absolute Gasteiger partial charge is 0.410 e. The van der Waals surface area contributed by atoms with E-state index in [-0.39, 0.29) is 37.5 Å². The van der Waals surface area contributed by atoms with Crippen molar-refractivity contribution in [3.8, 4) is 0 Å². The van der Waals surface area contributed by atoms with Crippen LogP contribution in [-0.4, -0.2) is 101 Å². The van der Waals surface area contributed by atoms with E-state index in [1.807, 2.05) is 52.5 Å². The van der Waals surface area contributed by atoms with Crippen molar-refractivity contribution >= 4 is 23.8 Å². The van der Waals surface area contributed by atoms with Crippen LogP contribution < -0.4 is 4.90 Å². The molecule has 1 aromatic heterocycles. The average molecular weight is 614 g/mol. The molecule has 1 aromatic carbocycles. The van der Waals surface area contributed by atoms with Crippen LogP contribution in [0, 0.1) is 11.6 Å². The number of pyridine rings is 1. The normalized spacial score (nSPS) is 21.8. The summed E-state index contributed by atoms with van der Waals surface area (Å²) in [4.78, 5) is 51.1. The van der Waals surface area contributed by atoms with Gasteiger partial charge in [-0.2, -0.15) is 0 Å². The first kappa shape index (κ1) is 31.6. The fourth-order valence-corrected chi connectivity index (χ4v) is 6.14. The molecule has 4 heterocycles. The largest absolute Gasteiger partial charge is 0.448 e. The molecule has 238 valence electrons. The van der Waals surface area contributed by atoms with Crippen LogP contribution in [0.15, 0.2) is 30.5 Å². The van der Waals surface area contributed by atoms with Crippen molar-refractivity contribution in [3.05, 3.63) is 58.9 Å². The fraction of sp³-hybridized carbons (Fsp3) is 0.562. The second kappa shape index (κ2) is 11.9. The highest BCUT2D eigenvalue weighted by Crippen LogP contribution is 2.40. The van der Waals surface area contributed by atoms with Crippen molar-refractivity contribution < 1.29 is 32.6 Å². The van der Waals surface area contributed by atoms with Gasteiger partial charge in [-0.3, -0.25) is 14.7 Å². The second-order valence-electron chi connectivity index (χ2n) is 13.6. The SMILES string of the molecule is C[C@@H]1CN(CC(=O)N2CC(C)(C)c3ncc(Cc4ccc(F)cc4F)cc32)[C@@H](CN2CCOC2=O)CN1C(=O)OC(C)(C)C. The van der Waals surface area contributed by atoms with Crippen molar-refractivity contribution in [1.82, 2.24) is 19.7 Å². The van der Waals surface area contributed by atoms with E-state index in [4.69, 9.17) is 9.47 Å². The summed E-state index contributed by atoms with van der Waals surface area (Å²) in [5, 5.41) is 0. The molecule has 12 heteroatoms. The highest BCUT2D eigenvalue weighted by Gasteiger charge is 2.43. The maximum Gasteiger partial charge on any atom is 0.410 e. The minimum atomic E-state index is -0.663. The van der Waals surface area contributed by atoms with Crippen molar-refractivity contribution in [2.45, 2.75) is 71.1 Å². The van der Waals surface area contributed by atoms with E-state index in [0.29, 0.717) is 49.6 Å². The summed E-state index contributed by atoms with van der Waals surface area (Å²) in [5.41, 5.74) is 1.40. The maximum atomic E-state index is 14.4. The molecule has 0 aliphatic carbocycles. The first-order valence-electron chi connectivity index (χ1n) is 15.0. The Balaban J connectivity index is 1.37. The number of carbonyl (C=O) groups is 3. The topological polar surface area (TPSA) is 95.5 Å². The maximum absolute atomic E-state index is 14.4. The van der Waals surface area contributed by atoms with E-state index < -0.39 is 34.8 Å². The summed E-state index contributed by atoms with van der Waals surface area (Å²) < 4.78 is 38.6. The number of cyclic esters (lactones) is 1. The summed E-state index contributed by atoms with van der Waals surface area (Å²) in [7, 11) is 0. The number of anilines is 1. The van der Waals surface area contributed by atoms with Crippen LogP contribution in [0.5, 0.6) is 0 Å². The van der Waals surface area contributed by atoms with Crippen molar-refractivity contribution in [1.29, 1.82) is 0 Å². The molecule has 10 nitrogen and oxygen atoms in total. The number of piperazine rings is 1. The number of halogens is 2. The summed E-state index contributed by atoms with van der Waals surface area (Å²) in [6.07, 6.45) is 1.04. The molecular weight excluding hydrogens is 572 g/mol. The number of carbonyl (C=O) groups excluding carboxylic acids is 3. The number of hydrogen-bond donors (Lipinski definition) is 0. The van der Waals surface area contributed by atoms with Crippen LogP contribution in [0.25, 0.3) is 0 Å². The number of aromatic nitrogens is 1. The number of ether oxygens (including phenoxy) is 2. The molecule has 0 spiro atoms. The first-order valence-corrected chi connectivity index (χ1v) is 15.0. The third-order valence-electron chi connectivity index (χ3n) is 8.32. The molecule has 3 aliphatic rings. The first-order chi connectivity index (χ1) is 20.6. The Labute approximate surface area is 256 Å². The Bertz CT molecular complexity index is 1440. The lowest BCUT2D eigenvalue weighted by molar-refractivity contribution is -0.121. The van der Waals surface area contributed by atoms with Gasteiger partial charge in [-0.25, -0.2) is 18.4 Å². The molecule has 0 saturated carbocycles. The molecular formula is C32H41F2N5O5. The van der Waals surface area contributed by atoms with Gasteiger partial charge < -0.3 is 24.2 Å². The van der Waals surface area contributed by atoms with Crippen LogP contribution in [0.1, 0.15) is 58.4 Å². The lowest BCUT2D eigenvalue weighted by Gasteiger charge is -2.46. The molecule has 0 bridgehead atoms. The van der Waals surface area contributed by atoms with E-state index in [1.54, 1.807) is 20.9 Å². The third-order valence-corrected chi connectivity index (χ3v) is 8.32. The van der Waals surface area contributed by atoms with Crippen LogP contribution >= 0.6 is 0 Å². The number of nitrogens with zero attached hydrogens (tertiary/aromatic N) is 5. The zero-order valence-electron chi connectivity index (χ0n) is 26.2. The van der Waals surface area contributed by atoms with E-state index in [2.05, 4.69) is 4.98 Å². The standard InChI is InChI=1S/C32H41F2N5O5/c1-20-15-37(24(16-36-9-10-43-29(36)41)17-38(20)30(42)44-31(2,3)4)18-27(40)39-19-32(5,6)28-26(39)12-21(14-35-28)11-22-7-8-23(33)13-25(22)34/h7-8,12-14,20,24H,9-11,15-19H2,1-6H3/t20-,24+/m1/s1. The van der Waals surface area contributed by atoms with Crippen LogP contribution in [0.3, 0.4) is 0 Å². The predicted octanol–water partition coefficient (Wildman–Crippen LogP) is 4.34. The number of amides is 3. The Morgan fingerprint density at radius 1 is 1.16 bits per heavy atom. The van der Waals surface area contributed by atoms with Gasteiger partial charge in [-0.05, 0) is 51.0 Å². The minimum absolute atomic E-state index is 0.0619. The van der Waals surface area contributed by atoms with Gasteiger partial charge in [0.2, 0.25) is 5.91 Å². The van der Waals surface area contributed by atoms with Gasteiger partial charge >= 0.3 is 12.2 Å². The Kier molecular flexibility index (Phi) is 8.58. The van der Waals surface area contributed by atoms with Crippen molar-refractivity contribution in [3.63, 3.8) is 0 Å². The quantitative estimate of drug-likeness (QED) is 0.479. The summed E-state index contributed by atoms with van der Waals surface area (Å²) in [6, 6.07) is 4.80. The van der Waals surface area contributed by atoms with Crippen LogP contribution in [-0.2, 0) is 26.1 Å². The highest BCUT2D eigenvalue weighted by atomic mass is 19.1. The fourth-order valence-electron chi connectivity index (χ4n) is 6.14. The molecule has 0 unspecified atom stereocenters. The Hall–Kier alpha value is -3.80. The molecule has 3 amide bonds. The third kappa shape index (κ3) is 6.80. The molecule has 5 rings (SSSR count). The number of hydrogen-bond acceptors (Lipinski definition) is 7. The monoisotopic (exact) mass is 613 g/mol. The van der Waals surface area contributed by atoms with E-state index >= 15 is 0 Å². The van der Waals surface area contributed by atoms with Gasteiger partial charge in [0.25, 0.3) is 0 Å². The van der Waals surface area contributed by atoms with Gasteiger partial charge in [0, 0.05) is 62.4 Å². The van der Waals surface area contributed by atoms with Crippen molar-refractivity contribution in [2.24, 2.45) is 0 Å². The van der Waals surface area contributed by atoms with Crippen LogP contribution in [0.4, 0.5) is 24.1 Å². The Morgan fingerprint density at radius 2 is 1.91 bits per heavy atom. The Morgan fingerprint density at radius 3 is 2.57 bits per heavy atom. The molecule has 2 aromatic rings. The van der Waals surface area contributed by atoms with Crippen LogP contribution in [0.2, 0.25) is 0 Å². The highest BCUT2D eigenvalue weighted by molar-refractivity contribution is 5.97. The molecule has 3 aliphatic heterocycles. The van der Waals surface area contributed by atoms with E-state index in [0.717, 1.165) is 11.8 Å². The molecule has 0 N–H and O–H groups in total. The number of fused-ring (bicyclic) bond motifs is 1. The summed E-state index contributed by atoms with van der Waals surface area (Å²) in [6.45, 7) is 13.6. The lowest BCUT2D eigenvalue weighted by atomic mass is 9.91. The molecule has 2 saturated heterocycles. The molecule has 2 atom stereocenters. The minimum Gasteiger partial charge on any atom is -0.448 e. The predicted molar refractivity (Wildman–Crippen MR) is 159 cm³/mol.